The van der Waals surface area contributed by atoms with E-state index in [1.54, 1.807) is 0 Å². The Kier molecular flexibility index (Phi) is 7.10. The van der Waals surface area contributed by atoms with Gasteiger partial charge in [0.15, 0.2) is 0 Å². The van der Waals surface area contributed by atoms with Gasteiger partial charge < -0.3 is 15.4 Å². The lowest BCUT2D eigenvalue weighted by molar-refractivity contribution is 0.156. The van der Waals surface area contributed by atoms with Crippen molar-refractivity contribution in [3.05, 3.63) is 0 Å². The van der Waals surface area contributed by atoms with Crippen molar-refractivity contribution in [1.82, 2.24) is 9.62 Å². The van der Waals surface area contributed by atoms with E-state index in [-0.39, 0.29) is 12.4 Å². The highest BCUT2D eigenvalue weighted by Crippen LogP contribution is 2.14. The van der Waals surface area contributed by atoms with Crippen LogP contribution in [0.1, 0.15) is 12.8 Å². The average Bonchev–Trinajstić information content (AvgIpc) is 2.33. The van der Waals surface area contributed by atoms with Crippen LogP contribution in [0.2, 0.25) is 0 Å². The smallest absolute Gasteiger partial charge is 0.213 e. The van der Waals surface area contributed by atoms with E-state index < -0.39 is 10.0 Å². The lowest BCUT2D eigenvalue weighted by Gasteiger charge is -2.29. The van der Waals surface area contributed by atoms with Crippen molar-refractivity contribution in [3.63, 3.8) is 0 Å². The minimum Gasteiger partial charge on any atom is -0.379 e. The Hall–Kier alpha value is -0.210. The Labute approximate surface area is 110 Å². The standard InChI is InChI=1S/C11H25N3O3S/c1-14-5-2-3-11(10-14)9-13-18(15,16)8-7-17-6-4-12/h11,13H,2-10,12H2,1H3. The lowest BCUT2D eigenvalue weighted by atomic mass is 9.99. The first-order chi connectivity index (χ1) is 8.53. The normalized spacial score (nSPS) is 22.2. The third-order valence-electron chi connectivity index (χ3n) is 3.07. The SMILES string of the molecule is CN1CCCC(CNS(=O)(=O)CCOCCN)C1. The molecule has 1 fully saturated rings. The van der Waals surface area contributed by atoms with Gasteiger partial charge in [0.1, 0.15) is 0 Å². The van der Waals surface area contributed by atoms with Crippen molar-refractivity contribution in [2.45, 2.75) is 12.8 Å². The van der Waals surface area contributed by atoms with Gasteiger partial charge in [-0.1, -0.05) is 0 Å². The lowest BCUT2D eigenvalue weighted by Crippen LogP contribution is -2.40. The van der Waals surface area contributed by atoms with Gasteiger partial charge in [-0.15, -0.1) is 0 Å². The van der Waals surface area contributed by atoms with E-state index in [0.717, 1.165) is 25.9 Å². The molecule has 108 valence electrons. The molecule has 1 aliphatic rings. The van der Waals surface area contributed by atoms with Crippen LogP contribution in [-0.4, -0.2) is 65.5 Å². The van der Waals surface area contributed by atoms with Gasteiger partial charge in [0.2, 0.25) is 10.0 Å². The number of nitrogens with two attached hydrogens (primary N) is 1. The van der Waals surface area contributed by atoms with E-state index >= 15 is 0 Å². The fraction of sp³-hybridized carbons (Fsp3) is 1.00. The van der Waals surface area contributed by atoms with E-state index in [9.17, 15) is 8.42 Å². The summed E-state index contributed by atoms with van der Waals surface area (Å²) in [6, 6.07) is 0. The molecule has 0 spiro atoms. The summed E-state index contributed by atoms with van der Waals surface area (Å²) in [5.41, 5.74) is 5.25. The molecular weight excluding hydrogens is 254 g/mol. The summed E-state index contributed by atoms with van der Waals surface area (Å²) in [5, 5.41) is 0. The highest BCUT2D eigenvalue weighted by atomic mass is 32.2. The fourth-order valence-electron chi connectivity index (χ4n) is 2.11. The fourth-order valence-corrected chi connectivity index (χ4v) is 3.08. The van der Waals surface area contributed by atoms with Gasteiger partial charge in [0, 0.05) is 19.6 Å². The predicted molar refractivity (Wildman–Crippen MR) is 71.9 cm³/mol. The summed E-state index contributed by atoms with van der Waals surface area (Å²) in [5.74, 6) is 0.429. The number of likely N-dealkylation sites (tertiary alicyclic amines) is 1. The Morgan fingerprint density at radius 1 is 1.44 bits per heavy atom. The van der Waals surface area contributed by atoms with Crippen LogP contribution in [0.15, 0.2) is 0 Å². The molecular formula is C11H25N3O3S. The first-order valence-electron chi connectivity index (χ1n) is 6.47. The first-order valence-corrected chi connectivity index (χ1v) is 8.12. The monoisotopic (exact) mass is 279 g/mol. The highest BCUT2D eigenvalue weighted by molar-refractivity contribution is 7.89. The molecule has 3 N–H and O–H groups in total. The van der Waals surface area contributed by atoms with E-state index in [1.165, 1.54) is 0 Å². The van der Waals surface area contributed by atoms with Crippen LogP contribution in [0, 0.1) is 5.92 Å². The van der Waals surface area contributed by atoms with Crippen LogP contribution >= 0.6 is 0 Å². The second-order valence-corrected chi connectivity index (χ2v) is 6.77. The molecule has 1 saturated heterocycles. The third kappa shape index (κ3) is 6.65. The summed E-state index contributed by atoms with van der Waals surface area (Å²) >= 11 is 0. The zero-order valence-corrected chi connectivity index (χ0v) is 11.9. The average molecular weight is 279 g/mol. The van der Waals surface area contributed by atoms with Gasteiger partial charge in [0.05, 0.1) is 19.0 Å². The largest absolute Gasteiger partial charge is 0.379 e. The van der Waals surface area contributed by atoms with Crippen LogP contribution < -0.4 is 10.5 Å². The van der Waals surface area contributed by atoms with E-state index in [4.69, 9.17) is 10.5 Å². The minimum absolute atomic E-state index is 0.00948. The second kappa shape index (κ2) is 8.06. The van der Waals surface area contributed by atoms with Crippen LogP contribution in [0.4, 0.5) is 0 Å². The highest BCUT2D eigenvalue weighted by Gasteiger charge is 2.19. The summed E-state index contributed by atoms with van der Waals surface area (Å²) in [6.07, 6.45) is 2.24. The number of nitrogens with one attached hydrogen (secondary N) is 1. The maximum atomic E-state index is 11.7. The molecule has 0 aromatic rings. The summed E-state index contributed by atoms with van der Waals surface area (Å²) < 4.78 is 31.1. The van der Waals surface area contributed by atoms with E-state index in [0.29, 0.717) is 25.6 Å². The quantitative estimate of drug-likeness (QED) is 0.570. The number of piperidine rings is 1. The van der Waals surface area contributed by atoms with Crippen molar-refractivity contribution in [1.29, 1.82) is 0 Å². The van der Waals surface area contributed by atoms with E-state index in [2.05, 4.69) is 16.7 Å². The molecule has 0 aromatic heterocycles. The first kappa shape index (κ1) is 15.8. The molecule has 0 bridgehead atoms. The summed E-state index contributed by atoms with van der Waals surface area (Å²) in [6.45, 7) is 3.63. The molecule has 1 unspecified atom stereocenters. The molecule has 0 aromatic carbocycles. The van der Waals surface area contributed by atoms with Gasteiger partial charge in [-0.2, -0.15) is 0 Å². The van der Waals surface area contributed by atoms with Gasteiger partial charge in [-0.3, -0.25) is 0 Å². The number of hydrogen-bond acceptors (Lipinski definition) is 5. The molecule has 0 aliphatic carbocycles. The van der Waals surface area contributed by atoms with Crippen molar-refractivity contribution in [2.75, 3.05) is 52.2 Å². The molecule has 7 heteroatoms. The zero-order chi connectivity index (χ0) is 13.4. The number of ether oxygens (including phenoxy) is 1. The molecule has 6 nitrogen and oxygen atoms in total. The summed E-state index contributed by atoms with van der Waals surface area (Å²) in [4.78, 5) is 2.24. The maximum Gasteiger partial charge on any atom is 0.213 e. The molecule has 1 atom stereocenters. The van der Waals surface area contributed by atoms with Crippen molar-refractivity contribution < 1.29 is 13.2 Å². The van der Waals surface area contributed by atoms with Crippen LogP contribution in [0.5, 0.6) is 0 Å². The second-order valence-electron chi connectivity index (χ2n) is 4.84. The third-order valence-corrected chi connectivity index (χ3v) is 4.38. The Morgan fingerprint density at radius 3 is 2.89 bits per heavy atom. The summed E-state index contributed by atoms with van der Waals surface area (Å²) in [7, 11) is -1.14. The maximum absolute atomic E-state index is 11.7. The number of sulfonamides is 1. The van der Waals surface area contributed by atoms with Gasteiger partial charge >= 0.3 is 0 Å². The molecule has 0 saturated carbocycles. The Morgan fingerprint density at radius 2 is 2.22 bits per heavy atom. The van der Waals surface area contributed by atoms with Crippen molar-refractivity contribution in [2.24, 2.45) is 11.7 Å². The molecule has 1 rings (SSSR count). The topological polar surface area (TPSA) is 84.7 Å². The molecule has 0 amide bonds. The van der Waals surface area contributed by atoms with Crippen molar-refractivity contribution in [3.8, 4) is 0 Å². The van der Waals surface area contributed by atoms with Gasteiger partial charge in [0.25, 0.3) is 0 Å². The van der Waals surface area contributed by atoms with Crippen LogP contribution in [-0.2, 0) is 14.8 Å². The Bertz CT molecular complexity index is 321. The van der Waals surface area contributed by atoms with E-state index in [1.807, 2.05) is 0 Å². The molecule has 1 heterocycles. The number of rotatable bonds is 8. The number of nitrogens with zero attached hydrogens (tertiary/aromatic N) is 1. The van der Waals surface area contributed by atoms with Crippen molar-refractivity contribution >= 4 is 10.0 Å². The Balaban J connectivity index is 2.19. The zero-order valence-electron chi connectivity index (χ0n) is 11.1. The van der Waals surface area contributed by atoms with Crippen LogP contribution in [0.3, 0.4) is 0 Å². The van der Waals surface area contributed by atoms with Gasteiger partial charge in [-0.05, 0) is 32.4 Å². The molecule has 1 aliphatic heterocycles. The predicted octanol–water partition coefficient (Wildman–Crippen LogP) is -0.777. The molecule has 0 radical (unpaired) electrons. The minimum atomic E-state index is -3.21. The number of hydrogen-bond donors (Lipinski definition) is 2. The molecule has 18 heavy (non-hydrogen) atoms. The van der Waals surface area contributed by atoms with Gasteiger partial charge in [-0.25, -0.2) is 13.1 Å². The van der Waals surface area contributed by atoms with Crippen LogP contribution in [0.25, 0.3) is 0 Å².